The number of aromatic amines is 1. The average molecular weight is 328 g/mol. The van der Waals surface area contributed by atoms with Gasteiger partial charge in [0, 0.05) is 36.5 Å². The lowest BCUT2D eigenvalue weighted by Gasteiger charge is -2.13. The number of benzene rings is 1. The summed E-state index contributed by atoms with van der Waals surface area (Å²) in [5.74, 6) is -1.02. The van der Waals surface area contributed by atoms with Gasteiger partial charge in [0.2, 0.25) is 5.91 Å². The summed E-state index contributed by atoms with van der Waals surface area (Å²) in [4.78, 5) is 39.3. The fraction of sp³-hybridized carbons (Fsp3) is 0.389. The van der Waals surface area contributed by atoms with Crippen LogP contribution < -0.4 is 0 Å². The minimum absolute atomic E-state index is 0.185. The number of carbonyl (C=O) groups is 3. The van der Waals surface area contributed by atoms with Crippen LogP contribution in [0.2, 0.25) is 0 Å². The molecular weight excluding hydrogens is 308 g/mol. The molecule has 3 rings (SSSR count). The van der Waals surface area contributed by atoms with Crippen LogP contribution in [0.15, 0.2) is 30.5 Å². The van der Waals surface area contributed by atoms with Gasteiger partial charge in [-0.25, -0.2) is 0 Å². The first-order valence-corrected chi connectivity index (χ1v) is 8.19. The lowest BCUT2D eigenvalue weighted by Crippen LogP contribution is -2.35. The van der Waals surface area contributed by atoms with Gasteiger partial charge in [-0.3, -0.25) is 19.3 Å². The molecule has 1 aliphatic rings. The van der Waals surface area contributed by atoms with Crippen LogP contribution in [0.1, 0.15) is 31.2 Å². The molecule has 2 amide bonds. The van der Waals surface area contributed by atoms with Crippen LogP contribution in [0.25, 0.3) is 10.9 Å². The summed E-state index contributed by atoms with van der Waals surface area (Å²) in [7, 11) is 0. The number of likely N-dealkylation sites (tertiary alicyclic amines) is 1. The van der Waals surface area contributed by atoms with E-state index in [0.717, 1.165) is 22.9 Å². The smallest absolute Gasteiger partial charge is 0.306 e. The molecule has 0 spiro atoms. The number of esters is 1. The lowest BCUT2D eigenvalue weighted by atomic mass is 10.1. The maximum atomic E-state index is 11.8. The number of ether oxygens (including phenoxy) is 1. The first-order valence-electron chi connectivity index (χ1n) is 8.19. The number of hydrogen-bond acceptors (Lipinski definition) is 4. The van der Waals surface area contributed by atoms with Gasteiger partial charge < -0.3 is 9.72 Å². The number of nitrogens with zero attached hydrogens (tertiary/aromatic N) is 1. The molecule has 1 N–H and O–H groups in total. The van der Waals surface area contributed by atoms with E-state index in [1.54, 1.807) is 0 Å². The molecule has 1 aliphatic heterocycles. The predicted octanol–water partition coefficient (Wildman–Crippen LogP) is 2.18. The third kappa shape index (κ3) is 3.64. The van der Waals surface area contributed by atoms with Crippen LogP contribution in [0, 0.1) is 0 Å². The van der Waals surface area contributed by atoms with Gasteiger partial charge in [0.05, 0.1) is 0 Å². The van der Waals surface area contributed by atoms with Crippen molar-refractivity contribution in [3.8, 4) is 0 Å². The fourth-order valence-corrected chi connectivity index (χ4v) is 2.97. The fourth-order valence-electron chi connectivity index (χ4n) is 2.97. The normalized spacial score (nSPS) is 14.3. The van der Waals surface area contributed by atoms with Gasteiger partial charge >= 0.3 is 5.97 Å². The van der Waals surface area contributed by atoms with Crippen LogP contribution in [0.3, 0.4) is 0 Å². The molecule has 6 heteroatoms. The number of fused-ring (bicyclic) bond motifs is 1. The van der Waals surface area contributed by atoms with Gasteiger partial charge in [-0.1, -0.05) is 18.2 Å². The summed E-state index contributed by atoms with van der Waals surface area (Å²) in [5, 5.41) is 1.16. The van der Waals surface area contributed by atoms with Crippen molar-refractivity contribution in [1.29, 1.82) is 0 Å². The number of aromatic nitrogens is 1. The van der Waals surface area contributed by atoms with Crippen molar-refractivity contribution >= 4 is 28.7 Å². The van der Waals surface area contributed by atoms with E-state index in [2.05, 4.69) is 4.98 Å². The number of H-pyrrole nitrogens is 1. The van der Waals surface area contributed by atoms with Crippen molar-refractivity contribution in [2.75, 3.05) is 13.2 Å². The number of hydrogen-bond donors (Lipinski definition) is 1. The zero-order chi connectivity index (χ0) is 16.9. The molecule has 0 radical (unpaired) electrons. The van der Waals surface area contributed by atoms with E-state index < -0.39 is 11.9 Å². The van der Waals surface area contributed by atoms with Crippen LogP contribution in [-0.2, 0) is 25.5 Å². The molecule has 0 saturated carbocycles. The summed E-state index contributed by atoms with van der Waals surface area (Å²) in [6, 6.07) is 8.02. The zero-order valence-electron chi connectivity index (χ0n) is 13.4. The van der Waals surface area contributed by atoms with Crippen molar-refractivity contribution in [2.24, 2.45) is 0 Å². The van der Waals surface area contributed by atoms with Gasteiger partial charge in [0.15, 0.2) is 6.61 Å². The van der Waals surface area contributed by atoms with Crippen molar-refractivity contribution in [2.45, 2.75) is 32.1 Å². The van der Waals surface area contributed by atoms with E-state index in [4.69, 9.17) is 4.74 Å². The molecule has 0 aliphatic carbocycles. The highest BCUT2D eigenvalue weighted by Crippen LogP contribution is 2.19. The first-order chi connectivity index (χ1) is 11.6. The van der Waals surface area contributed by atoms with Gasteiger partial charge in [0.1, 0.15) is 0 Å². The van der Waals surface area contributed by atoms with Gasteiger partial charge in [0.25, 0.3) is 5.91 Å². The summed E-state index contributed by atoms with van der Waals surface area (Å²) in [6.45, 7) is 0.0768. The SMILES string of the molecule is O=C(CCCc1c[nH]c2ccccc12)OCC(=O)N1CCCC1=O. The first kappa shape index (κ1) is 16.2. The van der Waals surface area contributed by atoms with Crippen LogP contribution in [-0.4, -0.2) is 40.8 Å². The second kappa shape index (κ2) is 7.29. The van der Waals surface area contributed by atoms with Crippen molar-refractivity contribution in [3.05, 3.63) is 36.0 Å². The average Bonchev–Trinajstić information content (AvgIpc) is 3.19. The van der Waals surface area contributed by atoms with Crippen molar-refractivity contribution < 1.29 is 19.1 Å². The molecule has 2 heterocycles. The number of amides is 2. The molecule has 0 atom stereocenters. The second-order valence-corrected chi connectivity index (χ2v) is 5.92. The molecule has 24 heavy (non-hydrogen) atoms. The molecule has 126 valence electrons. The topological polar surface area (TPSA) is 79.5 Å². The maximum absolute atomic E-state index is 11.8. The summed E-state index contributed by atoms with van der Waals surface area (Å²) < 4.78 is 4.98. The number of imide groups is 1. The molecule has 1 saturated heterocycles. The van der Waals surface area contributed by atoms with E-state index in [0.29, 0.717) is 25.8 Å². The van der Waals surface area contributed by atoms with Crippen molar-refractivity contribution in [3.63, 3.8) is 0 Å². The van der Waals surface area contributed by atoms with Crippen LogP contribution >= 0.6 is 0 Å². The Labute approximate surface area is 139 Å². The maximum Gasteiger partial charge on any atom is 0.306 e. The van der Waals surface area contributed by atoms with Crippen molar-refractivity contribution in [1.82, 2.24) is 9.88 Å². The highest BCUT2D eigenvalue weighted by atomic mass is 16.5. The monoisotopic (exact) mass is 328 g/mol. The molecule has 1 aromatic carbocycles. The Kier molecular flexibility index (Phi) is 4.93. The quantitative estimate of drug-likeness (QED) is 0.824. The van der Waals surface area contributed by atoms with E-state index >= 15 is 0 Å². The Hall–Kier alpha value is -2.63. The van der Waals surface area contributed by atoms with E-state index in [1.165, 1.54) is 4.90 Å². The lowest BCUT2D eigenvalue weighted by molar-refractivity contribution is -0.154. The molecule has 2 aromatic rings. The minimum Gasteiger partial charge on any atom is -0.456 e. The van der Waals surface area contributed by atoms with Gasteiger partial charge in [-0.15, -0.1) is 0 Å². The Morgan fingerprint density at radius 2 is 2.08 bits per heavy atom. The second-order valence-electron chi connectivity index (χ2n) is 5.92. The predicted molar refractivity (Wildman–Crippen MR) is 88.1 cm³/mol. The molecule has 1 fully saturated rings. The third-order valence-corrected chi connectivity index (χ3v) is 4.23. The minimum atomic E-state index is -0.428. The Balaban J connectivity index is 1.41. The molecule has 0 unspecified atom stereocenters. The molecular formula is C18H20N2O4. The largest absolute Gasteiger partial charge is 0.456 e. The number of para-hydroxylation sites is 1. The van der Waals surface area contributed by atoms with E-state index in [9.17, 15) is 14.4 Å². The third-order valence-electron chi connectivity index (χ3n) is 4.23. The molecule has 0 bridgehead atoms. The Morgan fingerprint density at radius 3 is 2.88 bits per heavy atom. The number of nitrogens with one attached hydrogen (secondary N) is 1. The van der Waals surface area contributed by atoms with E-state index in [-0.39, 0.29) is 18.9 Å². The standard InChI is InChI=1S/C18H20N2O4/c21-16-8-4-10-20(16)17(22)12-24-18(23)9-3-5-13-11-19-15-7-2-1-6-14(13)15/h1-2,6-7,11,19H,3-5,8-10,12H2. The zero-order valence-corrected chi connectivity index (χ0v) is 13.4. The van der Waals surface area contributed by atoms with Crippen LogP contribution in [0.5, 0.6) is 0 Å². The molecule has 1 aromatic heterocycles. The summed E-state index contributed by atoms with van der Waals surface area (Å²) in [5.41, 5.74) is 2.24. The van der Waals surface area contributed by atoms with E-state index in [1.807, 2.05) is 30.5 Å². The summed E-state index contributed by atoms with van der Waals surface area (Å²) in [6.07, 6.45) is 4.70. The Bertz CT molecular complexity index is 765. The highest BCUT2D eigenvalue weighted by Gasteiger charge is 2.26. The Morgan fingerprint density at radius 1 is 1.25 bits per heavy atom. The van der Waals surface area contributed by atoms with Crippen LogP contribution in [0.4, 0.5) is 0 Å². The number of rotatable bonds is 6. The highest BCUT2D eigenvalue weighted by molar-refractivity contribution is 5.97. The number of aryl methyl sites for hydroxylation is 1. The number of carbonyl (C=O) groups excluding carboxylic acids is 3. The van der Waals surface area contributed by atoms with Gasteiger partial charge in [-0.2, -0.15) is 0 Å². The summed E-state index contributed by atoms with van der Waals surface area (Å²) >= 11 is 0. The van der Waals surface area contributed by atoms with Gasteiger partial charge in [-0.05, 0) is 30.9 Å². The molecule has 6 nitrogen and oxygen atoms in total.